The molecule has 8 heteroatoms. The number of ether oxygens (including phenoxy) is 2. The number of sulfonamides is 1. The van der Waals surface area contributed by atoms with Crippen molar-refractivity contribution in [2.75, 3.05) is 25.5 Å². The van der Waals surface area contributed by atoms with E-state index in [4.69, 9.17) is 14.6 Å². The molecular weight excluding hydrogens is 236 g/mol. The van der Waals surface area contributed by atoms with Gasteiger partial charge in [0.05, 0.1) is 5.75 Å². The summed E-state index contributed by atoms with van der Waals surface area (Å²) in [6.45, 7) is 0.967. The van der Waals surface area contributed by atoms with E-state index in [2.05, 4.69) is 5.32 Å². The van der Waals surface area contributed by atoms with E-state index in [0.29, 0.717) is 13.2 Å². The molecule has 0 unspecified atom stereocenters. The van der Waals surface area contributed by atoms with Crippen LogP contribution in [0.25, 0.3) is 0 Å². The summed E-state index contributed by atoms with van der Waals surface area (Å²) in [6.07, 6.45) is 1.50. The fourth-order valence-corrected chi connectivity index (χ4v) is 1.60. The van der Waals surface area contributed by atoms with Gasteiger partial charge in [0, 0.05) is 6.54 Å². The van der Waals surface area contributed by atoms with E-state index in [0.717, 1.165) is 0 Å². The monoisotopic (exact) mass is 250 g/mol. The molecule has 1 rings (SSSR count). The second-order valence-corrected chi connectivity index (χ2v) is 4.91. The highest BCUT2D eigenvalue weighted by atomic mass is 32.2. The van der Waals surface area contributed by atoms with Crippen LogP contribution in [-0.2, 0) is 24.3 Å². The van der Waals surface area contributed by atoms with Gasteiger partial charge in [-0.05, 0) is 6.42 Å². The van der Waals surface area contributed by atoms with E-state index < -0.39 is 15.9 Å². The molecule has 0 aromatic heterocycles. The Kier molecular flexibility index (Phi) is 4.56. The quantitative estimate of drug-likeness (QED) is 0.588. The fourth-order valence-electron chi connectivity index (χ4n) is 1.05. The number of carbonyl (C=O) groups excluding carboxylic acids is 1. The minimum absolute atomic E-state index is 0.0989. The largest absolute Gasteiger partial charge is 0.494 e. The molecule has 1 aliphatic heterocycles. The number of carbonyl (C=O) groups is 1. The van der Waals surface area contributed by atoms with Crippen molar-refractivity contribution < 1.29 is 22.7 Å². The molecule has 16 heavy (non-hydrogen) atoms. The van der Waals surface area contributed by atoms with Crippen LogP contribution in [0.15, 0.2) is 12.0 Å². The summed E-state index contributed by atoms with van der Waals surface area (Å²) in [5.41, 5.74) is 0. The molecule has 1 amide bonds. The van der Waals surface area contributed by atoms with Crippen molar-refractivity contribution in [1.29, 1.82) is 0 Å². The first-order chi connectivity index (χ1) is 7.49. The van der Waals surface area contributed by atoms with Gasteiger partial charge in [-0.3, -0.25) is 4.79 Å². The Balaban J connectivity index is 2.22. The molecule has 7 nitrogen and oxygen atoms in total. The molecule has 0 atom stereocenters. The maximum absolute atomic E-state index is 11.4. The van der Waals surface area contributed by atoms with Crippen molar-refractivity contribution in [2.45, 2.75) is 6.42 Å². The van der Waals surface area contributed by atoms with Crippen LogP contribution < -0.4 is 10.5 Å². The summed E-state index contributed by atoms with van der Waals surface area (Å²) in [6, 6.07) is 0. The molecule has 0 aliphatic carbocycles. The van der Waals surface area contributed by atoms with Crippen molar-refractivity contribution in [3.05, 3.63) is 12.0 Å². The van der Waals surface area contributed by atoms with Crippen LogP contribution in [0.2, 0.25) is 0 Å². The lowest BCUT2D eigenvalue weighted by molar-refractivity contribution is -0.122. The topological polar surface area (TPSA) is 108 Å². The summed E-state index contributed by atoms with van der Waals surface area (Å²) in [5, 5.41) is 7.29. The zero-order valence-corrected chi connectivity index (χ0v) is 9.46. The van der Waals surface area contributed by atoms with Crippen molar-refractivity contribution >= 4 is 15.9 Å². The van der Waals surface area contributed by atoms with Crippen molar-refractivity contribution in [1.82, 2.24) is 5.32 Å². The third-order valence-corrected chi connectivity index (χ3v) is 2.62. The minimum atomic E-state index is -3.47. The molecule has 0 saturated heterocycles. The van der Waals surface area contributed by atoms with Crippen LogP contribution in [0.4, 0.5) is 0 Å². The minimum Gasteiger partial charge on any atom is -0.494 e. The fraction of sp³-hybridized carbons (Fsp3) is 0.625. The first-order valence-corrected chi connectivity index (χ1v) is 6.44. The Bertz CT molecular complexity index is 376. The molecule has 1 heterocycles. The number of nitrogens with two attached hydrogens (primary N) is 1. The van der Waals surface area contributed by atoms with Gasteiger partial charge in [-0.15, -0.1) is 0 Å². The van der Waals surface area contributed by atoms with E-state index in [1.807, 2.05) is 0 Å². The lowest BCUT2D eigenvalue weighted by atomic mass is 10.4. The standard InChI is InChI=1S/C8H14N2O5S/c9-16(12,13)5-1-2-10-8(11)7-6-14-3-4-15-7/h6H,1-5H2,(H,10,11)(H2,9,12,13). The van der Waals surface area contributed by atoms with Gasteiger partial charge in [-0.1, -0.05) is 0 Å². The van der Waals surface area contributed by atoms with Crippen LogP contribution >= 0.6 is 0 Å². The molecule has 0 aromatic carbocycles. The van der Waals surface area contributed by atoms with E-state index >= 15 is 0 Å². The van der Waals surface area contributed by atoms with Crippen molar-refractivity contribution in [2.24, 2.45) is 5.14 Å². The lowest BCUT2D eigenvalue weighted by Crippen LogP contribution is -2.30. The molecule has 0 spiro atoms. The van der Waals surface area contributed by atoms with Crippen LogP contribution in [-0.4, -0.2) is 39.8 Å². The van der Waals surface area contributed by atoms with Crippen molar-refractivity contribution in [3.8, 4) is 0 Å². The van der Waals surface area contributed by atoms with Gasteiger partial charge in [-0.25, -0.2) is 13.6 Å². The number of rotatable bonds is 5. The smallest absolute Gasteiger partial charge is 0.289 e. The van der Waals surface area contributed by atoms with Crippen molar-refractivity contribution in [3.63, 3.8) is 0 Å². The molecule has 0 saturated carbocycles. The Morgan fingerprint density at radius 1 is 1.50 bits per heavy atom. The van der Waals surface area contributed by atoms with E-state index in [9.17, 15) is 13.2 Å². The normalized spacial score (nSPS) is 15.7. The zero-order chi connectivity index (χ0) is 12.0. The summed E-state index contributed by atoms with van der Waals surface area (Å²) in [7, 11) is -3.47. The highest BCUT2D eigenvalue weighted by molar-refractivity contribution is 7.89. The first-order valence-electron chi connectivity index (χ1n) is 4.72. The van der Waals surface area contributed by atoms with E-state index in [1.165, 1.54) is 6.26 Å². The Labute approximate surface area is 93.6 Å². The molecule has 3 N–H and O–H groups in total. The number of amides is 1. The molecule has 0 aromatic rings. The van der Waals surface area contributed by atoms with Gasteiger partial charge < -0.3 is 14.8 Å². The highest BCUT2D eigenvalue weighted by Crippen LogP contribution is 2.03. The number of hydrogen-bond acceptors (Lipinski definition) is 5. The second-order valence-electron chi connectivity index (χ2n) is 3.18. The maximum Gasteiger partial charge on any atom is 0.289 e. The van der Waals surface area contributed by atoms with E-state index in [1.54, 1.807) is 0 Å². The summed E-state index contributed by atoms with van der Waals surface area (Å²) < 4.78 is 31.1. The predicted octanol–water partition coefficient (Wildman–Crippen LogP) is -1.33. The Morgan fingerprint density at radius 2 is 2.25 bits per heavy atom. The highest BCUT2D eigenvalue weighted by Gasteiger charge is 2.14. The average molecular weight is 250 g/mol. The Hall–Kier alpha value is -1.28. The van der Waals surface area contributed by atoms with Gasteiger partial charge in [0.1, 0.15) is 19.5 Å². The Morgan fingerprint density at radius 3 is 2.81 bits per heavy atom. The van der Waals surface area contributed by atoms with Gasteiger partial charge >= 0.3 is 0 Å². The van der Waals surface area contributed by atoms with Gasteiger partial charge in [-0.2, -0.15) is 0 Å². The molecule has 0 radical (unpaired) electrons. The van der Waals surface area contributed by atoms with Crippen LogP contribution in [0.1, 0.15) is 6.42 Å². The molecule has 0 bridgehead atoms. The summed E-state index contributed by atoms with van der Waals surface area (Å²) >= 11 is 0. The van der Waals surface area contributed by atoms with Gasteiger partial charge in [0.15, 0.2) is 0 Å². The second kappa shape index (κ2) is 5.71. The molecule has 1 aliphatic rings. The summed E-state index contributed by atoms with van der Waals surface area (Å²) in [5.74, 6) is -0.486. The molecular formula is C8H14N2O5S. The number of primary sulfonamides is 1. The third kappa shape index (κ3) is 4.99. The zero-order valence-electron chi connectivity index (χ0n) is 8.64. The van der Waals surface area contributed by atoms with E-state index in [-0.39, 0.29) is 24.5 Å². The van der Waals surface area contributed by atoms with Crippen LogP contribution in [0, 0.1) is 0 Å². The number of nitrogens with one attached hydrogen (secondary N) is 1. The molecule has 92 valence electrons. The molecule has 0 fully saturated rings. The van der Waals surface area contributed by atoms with Crippen LogP contribution in [0.5, 0.6) is 0 Å². The SMILES string of the molecule is NS(=O)(=O)CCCNC(=O)C1=COCCO1. The maximum atomic E-state index is 11.4. The lowest BCUT2D eigenvalue weighted by Gasteiger charge is -2.14. The average Bonchev–Trinajstić information content (AvgIpc) is 2.24. The first kappa shape index (κ1) is 12.8. The van der Waals surface area contributed by atoms with Gasteiger partial charge in [0.2, 0.25) is 15.8 Å². The number of hydrogen-bond donors (Lipinski definition) is 2. The predicted molar refractivity (Wildman–Crippen MR) is 55.6 cm³/mol. The van der Waals surface area contributed by atoms with Crippen LogP contribution in [0.3, 0.4) is 0 Å². The summed E-state index contributed by atoms with van der Waals surface area (Å²) in [4.78, 5) is 11.4. The third-order valence-electron chi connectivity index (χ3n) is 1.76. The van der Waals surface area contributed by atoms with Gasteiger partial charge in [0.25, 0.3) is 5.91 Å².